The minimum Gasteiger partial charge on any atom is -0.460 e. The Morgan fingerprint density at radius 2 is 2.19 bits per heavy atom. The van der Waals surface area contributed by atoms with Gasteiger partial charge in [0.1, 0.15) is 5.60 Å². The molecule has 0 atom stereocenters. The van der Waals surface area contributed by atoms with Crippen LogP contribution in [0.1, 0.15) is 26.3 Å². The highest BCUT2D eigenvalue weighted by Gasteiger charge is 2.17. The van der Waals surface area contributed by atoms with Gasteiger partial charge in [-0.15, -0.1) is 0 Å². The Morgan fingerprint density at radius 1 is 1.56 bits per heavy atom. The van der Waals surface area contributed by atoms with Crippen molar-refractivity contribution < 1.29 is 13.9 Å². The lowest BCUT2D eigenvalue weighted by Crippen LogP contribution is -2.25. The Labute approximate surface area is 93.6 Å². The molecule has 0 aliphatic carbocycles. The first-order valence-corrected chi connectivity index (χ1v) is 4.89. The molecule has 16 heavy (non-hydrogen) atoms. The van der Waals surface area contributed by atoms with E-state index in [0.29, 0.717) is 5.56 Å². The number of nitrogen functional groups attached to an aromatic ring is 1. The van der Waals surface area contributed by atoms with Crippen molar-refractivity contribution >= 4 is 11.8 Å². The van der Waals surface area contributed by atoms with Crippen LogP contribution in [0.3, 0.4) is 0 Å². The fourth-order valence-electron chi connectivity index (χ4n) is 1.13. The number of rotatable bonds is 2. The van der Waals surface area contributed by atoms with Gasteiger partial charge in [-0.3, -0.25) is 4.79 Å². The van der Waals surface area contributed by atoms with E-state index in [0.717, 1.165) is 0 Å². The molecule has 0 aliphatic rings. The zero-order valence-corrected chi connectivity index (χ0v) is 9.58. The number of aromatic nitrogens is 1. The van der Waals surface area contributed by atoms with E-state index in [9.17, 15) is 9.18 Å². The first kappa shape index (κ1) is 12.4. The number of ether oxygens (including phenoxy) is 1. The lowest BCUT2D eigenvalue weighted by atomic mass is 10.1. The zero-order chi connectivity index (χ0) is 12.3. The molecule has 0 unspecified atom stereocenters. The van der Waals surface area contributed by atoms with Crippen LogP contribution in [0.4, 0.5) is 10.2 Å². The number of nitrogens with two attached hydrogens (primary N) is 1. The average molecular weight is 226 g/mol. The summed E-state index contributed by atoms with van der Waals surface area (Å²) in [6.07, 6.45) is 1.35. The molecule has 0 radical (unpaired) electrons. The number of pyridine rings is 1. The molecule has 2 N–H and O–H groups in total. The number of nitrogens with zero attached hydrogens (tertiary/aromatic N) is 1. The maximum atomic E-state index is 13.0. The Hall–Kier alpha value is -1.65. The number of carbonyl (C=O) groups excluding carboxylic acids is 1. The molecule has 0 aliphatic heterocycles. The van der Waals surface area contributed by atoms with Crippen LogP contribution in [0, 0.1) is 5.82 Å². The molecular formula is C11H15FN2O2. The molecule has 1 aromatic rings. The third-order valence-electron chi connectivity index (χ3n) is 1.69. The lowest BCUT2D eigenvalue weighted by Gasteiger charge is -2.19. The molecule has 1 aromatic heterocycles. The molecule has 0 saturated carbocycles. The van der Waals surface area contributed by atoms with E-state index in [2.05, 4.69) is 4.98 Å². The summed E-state index contributed by atoms with van der Waals surface area (Å²) in [4.78, 5) is 15.0. The predicted octanol–water partition coefficient (Wildman–Crippen LogP) is 1.69. The highest BCUT2D eigenvalue weighted by Crippen LogP contribution is 2.12. The molecule has 88 valence electrons. The average Bonchev–Trinajstić information content (AvgIpc) is 2.08. The standard InChI is InChI=1S/C11H15FN2O2/c1-11(2,3)16-9(15)5-7-4-8(12)10(13)14-6-7/h4,6H,5H2,1-3H3,(H2,13,14). The molecule has 0 fully saturated rings. The van der Waals surface area contributed by atoms with Gasteiger partial charge in [0.05, 0.1) is 6.42 Å². The molecule has 1 heterocycles. The number of hydrogen-bond donors (Lipinski definition) is 1. The smallest absolute Gasteiger partial charge is 0.310 e. The minimum absolute atomic E-state index is 0.0124. The number of anilines is 1. The SMILES string of the molecule is CC(C)(C)OC(=O)Cc1cnc(N)c(F)c1. The number of hydrogen-bond acceptors (Lipinski definition) is 4. The van der Waals surface area contributed by atoms with Crippen LogP contribution in [-0.2, 0) is 16.0 Å². The Kier molecular flexibility index (Phi) is 3.47. The predicted molar refractivity (Wildman–Crippen MR) is 58.2 cm³/mol. The topological polar surface area (TPSA) is 65.2 Å². The monoisotopic (exact) mass is 226 g/mol. The maximum Gasteiger partial charge on any atom is 0.310 e. The highest BCUT2D eigenvalue weighted by atomic mass is 19.1. The van der Waals surface area contributed by atoms with Crippen LogP contribution in [0.15, 0.2) is 12.3 Å². The third kappa shape index (κ3) is 3.84. The van der Waals surface area contributed by atoms with Gasteiger partial charge in [0.25, 0.3) is 0 Å². The van der Waals surface area contributed by atoms with Gasteiger partial charge in [0.15, 0.2) is 11.6 Å². The second-order valence-corrected chi connectivity index (χ2v) is 4.47. The summed E-state index contributed by atoms with van der Waals surface area (Å²) in [6, 6.07) is 1.19. The molecule has 0 saturated heterocycles. The van der Waals surface area contributed by atoms with Crippen molar-refractivity contribution in [3.8, 4) is 0 Å². The summed E-state index contributed by atoms with van der Waals surface area (Å²) >= 11 is 0. The van der Waals surface area contributed by atoms with Gasteiger partial charge in [-0.1, -0.05) is 0 Å². The Bertz CT molecular complexity index is 399. The van der Waals surface area contributed by atoms with Crippen molar-refractivity contribution in [2.75, 3.05) is 5.73 Å². The molecule has 0 bridgehead atoms. The quantitative estimate of drug-likeness (QED) is 0.779. The molecule has 0 aromatic carbocycles. The van der Waals surface area contributed by atoms with Gasteiger partial charge >= 0.3 is 5.97 Å². The normalized spacial score (nSPS) is 11.2. The van der Waals surface area contributed by atoms with Gasteiger partial charge in [0.2, 0.25) is 0 Å². The minimum atomic E-state index is -0.624. The van der Waals surface area contributed by atoms with Crippen LogP contribution in [0.5, 0.6) is 0 Å². The van der Waals surface area contributed by atoms with Crippen molar-refractivity contribution in [2.45, 2.75) is 32.8 Å². The van der Waals surface area contributed by atoms with E-state index in [1.54, 1.807) is 20.8 Å². The molecular weight excluding hydrogens is 211 g/mol. The van der Waals surface area contributed by atoms with Crippen LogP contribution in [-0.4, -0.2) is 16.6 Å². The van der Waals surface area contributed by atoms with Crippen LogP contribution in [0.2, 0.25) is 0 Å². The second kappa shape index (κ2) is 4.47. The fourth-order valence-corrected chi connectivity index (χ4v) is 1.13. The zero-order valence-electron chi connectivity index (χ0n) is 9.58. The number of esters is 1. The fraction of sp³-hybridized carbons (Fsp3) is 0.455. The van der Waals surface area contributed by atoms with Crippen LogP contribution in [0.25, 0.3) is 0 Å². The van der Waals surface area contributed by atoms with Gasteiger partial charge in [0, 0.05) is 6.20 Å². The van der Waals surface area contributed by atoms with Gasteiger partial charge < -0.3 is 10.5 Å². The molecule has 0 spiro atoms. The van der Waals surface area contributed by atoms with Crippen LogP contribution >= 0.6 is 0 Å². The molecule has 0 amide bonds. The van der Waals surface area contributed by atoms with Gasteiger partial charge in [-0.05, 0) is 32.4 Å². The summed E-state index contributed by atoms with van der Waals surface area (Å²) in [5, 5.41) is 0. The van der Waals surface area contributed by atoms with E-state index >= 15 is 0 Å². The lowest BCUT2D eigenvalue weighted by molar-refractivity contribution is -0.153. The highest BCUT2D eigenvalue weighted by molar-refractivity contribution is 5.72. The van der Waals surface area contributed by atoms with E-state index in [1.807, 2.05) is 0 Å². The molecule has 5 heteroatoms. The summed E-state index contributed by atoms with van der Waals surface area (Å²) < 4.78 is 18.1. The van der Waals surface area contributed by atoms with E-state index in [-0.39, 0.29) is 12.2 Å². The summed E-state index contributed by atoms with van der Waals surface area (Å²) in [5.41, 5.74) is 5.12. The maximum absolute atomic E-state index is 13.0. The van der Waals surface area contributed by atoms with Crippen molar-refractivity contribution in [1.29, 1.82) is 0 Å². The van der Waals surface area contributed by atoms with Crippen molar-refractivity contribution in [3.63, 3.8) is 0 Å². The van der Waals surface area contributed by atoms with Gasteiger partial charge in [-0.2, -0.15) is 0 Å². The summed E-state index contributed by atoms with van der Waals surface area (Å²) in [5.74, 6) is -1.22. The number of carbonyl (C=O) groups is 1. The number of halogens is 1. The van der Waals surface area contributed by atoms with Crippen molar-refractivity contribution in [3.05, 3.63) is 23.6 Å². The molecule has 4 nitrogen and oxygen atoms in total. The van der Waals surface area contributed by atoms with Gasteiger partial charge in [-0.25, -0.2) is 9.37 Å². The summed E-state index contributed by atoms with van der Waals surface area (Å²) in [6.45, 7) is 5.31. The Morgan fingerprint density at radius 3 is 2.69 bits per heavy atom. The largest absolute Gasteiger partial charge is 0.460 e. The van der Waals surface area contributed by atoms with E-state index in [4.69, 9.17) is 10.5 Å². The van der Waals surface area contributed by atoms with Crippen LogP contribution < -0.4 is 5.73 Å². The first-order chi connectivity index (χ1) is 7.28. The van der Waals surface area contributed by atoms with Crippen molar-refractivity contribution in [2.24, 2.45) is 0 Å². The Balaban J connectivity index is 2.67. The van der Waals surface area contributed by atoms with Crippen molar-refractivity contribution in [1.82, 2.24) is 4.98 Å². The van der Waals surface area contributed by atoms with E-state index < -0.39 is 17.4 Å². The second-order valence-electron chi connectivity index (χ2n) is 4.47. The first-order valence-electron chi connectivity index (χ1n) is 4.89. The molecule has 1 rings (SSSR count). The van der Waals surface area contributed by atoms with E-state index in [1.165, 1.54) is 12.3 Å². The summed E-state index contributed by atoms with van der Waals surface area (Å²) in [7, 11) is 0. The third-order valence-corrected chi connectivity index (χ3v) is 1.69.